The fourth-order valence-corrected chi connectivity index (χ4v) is 13.2. The van der Waals surface area contributed by atoms with Gasteiger partial charge in [-0.3, -0.25) is 38.5 Å². The molecular weight excluding hydrogens is 982 g/mol. The largest absolute Gasteiger partial charge is 0.391 e. The van der Waals surface area contributed by atoms with Gasteiger partial charge in [-0.1, -0.05) is 68.8 Å². The number of hydrogen-bond acceptors (Lipinski definition) is 13. The van der Waals surface area contributed by atoms with Crippen molar-refractivity contribution >= 4 is 63.6 Å². The van der Waals surface area contributed by atoms with Crippen LogP contribution in [0.3, 0.4) is 0 Å². The first-order valence-electron chi connectivity index (χ1n) is 25.5. The van der Waals surface area contributed by atoms with Crippen molar-refractivity contribution in [2.75, 3.05) is 45.8 Å². The molecule has 9 rings (SSSR count). The summed E-state index contributed by atoms with van der Waals surface area (Å²) in [6.45, 7) is 21.5. The Balaban J connectivity index is 0.779. The van der Waals surface area contributed by atoms with Gasteiger partial charge in [0.2, 0.25) is 23.6 Å². The second-order valence-corrected chi connectivity index (χ2v) is 23.9. The van der Waals surface area contributed by atoms with E-state index in [1.54, 1.807) is 22.7 Å². The van der Waals surface area contributed by atoms with E-state index < -0.39 is 29.6 Å². The standard InChI is InChI=1S/C54H68ClN11O5S2/c1-30-26-62(28-44(68)59-49(54(7,8)9)52(71)65-27-41(67)24-43(65)51(70)57-32(3)36-10-12-38(13-11-36)48-33(4)56-29-72-48)22-23-64(30)40-18-20-63(21-19-40)45(69)25-42-50-61-60-35(6)66(50)53-46(31(2)34(5)73-53)47(58-42)37-14-16-39(55)17-15-37/h10-17,29-30,32,40-43,49,67H,18-28H2,1-9H3,(H,57,70)(H,59,68)/t30-,32-,41+,42-,43-,49+/m0/s1. The predicted octanol–water partition coefficient (Wildman–Crippen LogP) is 6.99. The van der Waals surface area contributed by atoms with Gasteiger partial charge in [0.15, 0.2) is 5.82 Å². The molecule has 16 nitrogen and oxygen atoms in total. The van der Waals surface area contributed by atoms with Gasteiger partial charge in [0, 0.05) is 78.8 Å². The summed E-state index contributed by atoms with van der Waals surface area (Å²) in [6.07, 6.45) is 1.09. The van der Waals surface area contributed by atoms with Crippen LogP contribution in [-0.2, 0) is 19.2 Å². The number of aliphatic hydroxyl groups excluding tert-OH is 1. The molecule has 0 aliphatic carbocycles. The van der Waals surface area contributed by atoms with Gasteiger partial charge in [-0.25, -0.2) is 4.98 Å². The summed E-state index contributed by atoms with van der Waals surface area (Å²) in [7, 11) is 0. The molecule has 3 aromatic heterocycles. The van der Waals surface area contributed by atoms with Gasteiger partial charge in [-0.2, -0.15) is 0 Å². The highest BCUT2D eigenvalue weighted by Gasteiger charge is 2.45. The molecule has 388 valence electrons. The molecule has 2 aromatic carbocycles. The van der Waals surface area contributed by atoms with Crippen LogP contribution >= 0.6 is 34.3 Å². The highest BCUT2D eigenvalue weighted by molar-refractivity contribution is 7.15. The van der Waals surface area contributed by atoms with Crippen LogP contribution in [0.25, 0.3) is 15.4 Å². The fourth-order valence-electron chi connectivity index (χ4n) is 11.0. The van der Waals surface area contributed by atoms with Gasteiger partial charge in [-0.05, 0) is 88.6 Å². The SMILES string of the molecule is Cc1ncsc1-c1ccc([C@H](C)NC(=O)[C@@H]2C[C@@H](O)CN2C(=O)[C@@H](NC(=O)CN2CCN(C3CCN(C(=O)C[C@@H]4N=C(c5ccc(Cl)cc5)c5c(sc(C)c5C)-n5c(C)nnc54)CC3)[C@@H](C)C2)C(C)(C)C)cc1. The minimum absolute atomic E-state index is 0.00391. The lowest BCUT2D eigenvalue weighted by atomic mass is 9.85. The maximum absolute atomic E-state index is 14.4. The highest BCUT2D eigenvalue weighted by Crippen LogP contribution is 2.40. The van der Waals surface area contributed by atoms with Gasteiger partial charge < -0.3 is 25.5 Å². The number of amides is 4. The maximum Gasteiger partial charge on any atom is 0.246 e. The van der Waals surface area contributed by atoms with E-state index in [0.29, 0.717) is 43.1 Å². The molecular formula is C54H68ClN11O5S2. The Hall–Kier alpha value is -5.37. The van der Waals surface area contributed by atoms with Crippen LogP contribution in [-0.4, -0.2) is 150 Å². The van der Waals surface area contributed by atoms with Crippen LogP contribution in [0.15, 0.2) is 59.0 Å². The Morgan fingerprint density at radius 1 is 0.904 bits per heavy atom. The van der Waals surface area contributed by atoms with Crippen molar-refractivity contribution in [1.82, 2.24) is 50.0 Å². The second kappa shape index (κ2) is 21.5. The third kappa shape index (κ3) is 11.1. The van der Waals surface area contributed by atoms with E-state index in [1.807, 2.05) is 100 Å². The number of benzene rings is 2. The first-order chi connectivity index (χ1) is 34.7. The summed E-state index contributed by atoms with van der Waals surface area (Å²) < 4.78 is 2.08. The molecule has 4 aliphatic heterocycles. The molecule has 0 saturated carbocycles. The number of aromatic nitrogens is 4. The van der Waals surface area contributed by atoms with Crippen molar-refractivity contribution in [3.63, 3.8) is 0 Å². The number of likely N-dealkylation sites (tertiary alicyclic amines) is 2. The summed E-state index contributed by atoms with van der Waals surface area (Å²) in [5.41, 5.74) is 8.02. The highest BCUT2D eigenvalue weighted by atomic mass is 35.5. The van der Waals surface area contributed by atoms with E-state index in [1.165, 1.54) is 9.78 Å². The molecule has 73 heavy (non-hydrogen) atoms. The normalized spacial score (nSPS) is 21.8. The zero-order chi connectivity index (χ0) is 52.0. The van der Waals surface area contributed by atoms with Crippen molar-refractivity contribution in [2.24, 2.45) is 10.4 Å². The number of rotatable bonds is 12. The summed E-state index contributed by atoms with van der Waals surface area (Å²) in [6, 6.07) is 13.5. The summed E-state index contributed by atoms with van der Waals surface area (Å²) in [5.74, 6) is 0.464. The summed E-state index contributed by atoms with van der Waals surface area (Å²) in [5, 5.41) is 27.6. The second-order valence-electron chi connectivity index (χ2n) is 21.4. The van der Waals surface area contributed by atoms with Gasteiger partial charge in [-0.15, -0.1) is 32.9 Å². The van der Waals surface area contributed by atoms with E-state index >= 15 is 0 Å². The monoisotopic (exact) mass is 1050 g/mol. The quantitative estimate of drug-likeness (QED) is 0.118. The van der Waals surface area contributed by atoms with Crippen LogP contribution in [0.5, 0.6) is 0 Å². The first kappa shape index (κ1) is 52.5. The molecule has 0 unspecified atom stereocenters. The van der Waals surface area contributed by atoms with Crippen LogP contribution in [0.4, 0.5) is 0 Å². The number of nitrogens with zero attached hydrogens (tertiary/aromatic N) is 9. The van der Waals surface area contributed by atoms with Gasteiger partial charge in [0.05, 0.1) is 46.9 Å². The lowest BCUT2D eigenvalue weighted by Gasteiger charge is -2.46. The van der Waals surface area contributed by atoms with E-state index in [4.69, 9.17) is 16.6 Å². The first-order valence-corrected chi connectivity index (χ1v) is 27.5. The predicted molar refractivity (Wildman–Crippen MR) is 286 cm³/mol. The van der Waals surface area contributed by atoms with Crippen molar-refractivity contribution in [3.05, 3.63) is 104 Å². The number of nitrogens with one attached hydrogen (secondary N) is 2. The average Bonchev–Trinajstić information content (AvgIpc) is 4.12. The molecule has 3 N–H and O–H groups in total. The maximum atomic E-state index is 14.4. The van der Waals surface area contributed by atoms with Gasteiger partial charge in [0.25, 0.3) is 0 Å². The number of carbonyl (C=O) groups is 4. The smallest absolute Gasteiger partial charge is 0.246 e. The van der Waals surface area contributed by atoms with Gasteiger partial charge in [0.1, 0.15) is 29.0 Å². The fraction of sp³-hybridized carbons (Fsp3) is 0.519. The lowest BCUT2D eigenvalue weighted by molar-refractivity contribution is -0.144. The zero-order valence-electron chi connectivity index (χ0n) is 43.3. The third-order valence-electron chi connectivity index (χ3n) is 15.2. The summed E-state index contributed by atoms with van der Waals surface area (Å²) >= 11 is 9.59. The molecule has 0 spiro atoms. The number of thiazole rings is 1. The summed E-state index contributed by atoms with van der Waals surface area (Å²) in [4.78, 5) is 76.3. The van der Waals surface area contributed by atoms with Crippen LogP contribution in [0.1, 0.15) is 117 Å². The van der Waals surface area contributed by atoms with E-state index in [-0.39, 0.29) is 61.6 Å². The number of β-amino-alcohol motifs (C(OH)–C–C–N with tert-alkyl or cyclic N) is 1. The van der Waals surface area contributed by atoms with Crippen LogP contribution in [0.2, 0.25) is 5.02 Å². The number of aryl methyl sites for hydroxylation is 3. The molecule has 4 amide bonds. The molecule has 4 aliphatic rings. The molecule has 6 atom stereocenters. The number of hydrogen-bond donors (Lipinski definition) is 3. The Labute approximate surface area is 441 Å². The number of fused-ring (bicyclic) bond motifs is 3. The number of carbonyl (C=O) groups excluding carboxylic acids is 4. The number of aliphatic hydroxyl groups is 1. The third-order valence-corrected chi connectivity index (χ3v) is 17.6. The molecule has 3 fully saturated rings. The Kier molecular flexibility index (Phi) is 15.4. The number of piperidine rings is 1. The van der Waals surface area contributed by atoms with Crippen molar-refractivity contribution in [1.29, 1.82) is 0 Å². The average molecular weight is 1050 g/mol. The van der Waals surface area contributed by atoms with E-state index in [9.17, 15) is 24.3 Å². The van der Waals surface area contributed by atoms with Crippen molar-refractivity contribution in [2.45, 2.75) is 130 Å². The van der Waals surface area contributed by atoms with E-state index in [2.05, 4.69) is 61.0 Å². The molecule has 19 heteroatoms. The lowest BCUT2D eigenvalue weighted by Crippen LogP contribution is -2.61. The minimum atomic E-state index is -0.920. The van der Waals surface area contributed by atoms with Gasteiger partial charge >= 0.3 is 0 Å². The number of halogens is 1. The Bertz CT molecular complexity index is 2880. The van der Waals surface area contributed by atoms with E-state index in [0.717, 1.165) is 74.3 Å². The van der Waals surface area contributed by atoms with Crippen LogP contribution in [0, 0.1) is 33.1 Å². The zero-order valence-corrected chi connectivity index (χ0v) is 45.7. The number of piperazine rings is 1. The van der Waals surface area contributed by atoms with Crippen LogP contribution < -0.4 is 10.6 Å². The molecule has 7 heterocycles. The molecule has 5 aromatic rings. The Morgan fingerprint density at radius 3 is 2.26 bits per heavy atom. The Morgan fingerprint density at radius 2 is 1.60 bits per heavy atom. The molecule has 0 radical (unpaired) electrons. The van der Waals surface area contributed by atoms with Crippen molar-refractivity contribution < 1.29 is 24.3 Å². The molecule has 0 bridgehead atoms. The molecule has 3 saturated heterocycles. The number of aliphatic imine (C=N–C) groups is 1. The van der Waals surface area contributed by atoms with Crippen molar-refractivity contribution in [3.8, 4) is 15.4 Å². The topological polar surface area (TPSA) is 181 Å². The minimum Gasteiger partial charge on any atom is -0.391 e. The number of thiophene rings is 1.